The van der Waals surface area contributed by atoms with Crippen molar-refractivity contribution in [1.82, 2.24) is 25.0 Å². The Morgan fingerprint density at radius 1 is 0.588 bits per heavy atom. The van der Waals surface area contributed by atoms with Crippen molar-refractivity contribution in [2.24, 2.45) is 0 Å². The summed E-state index contributed by atoms with van der Waals surface area (Å²) in [5.74, 6) is -1.01. The smallest absolute Gasteiger partial charge is 0.407 e. The van der Waals surface area contributed by atoms with Gasteiger partial charge in [0.05, 0.1) is 19.2 Å². The first-order chi connectivity index (χ1) is 33.1. The van der Waals surface area contributed by atoms with Crippen molar-refractivity contribution in [3.63, 3.8) is 0 Å². The minimum Gasteiger partial charge on any atom is -0.453 e. The average Bonchev–Trinajstić information content (AvgIpc) is 4.12. The van der Waals surface area contributed by atoms with Crippen LogP contribution >= 0.6 is 0 Å². The molecule has 68 heavy (non-hydrogen) atoms. The Hall–Kier alpha value is -6.30. The van der Waals surface area contributed by atoms with Crippen LogP contribution in [0.3, 0.4) is 0 Å². The lowest BCUT2D eigenvalue weighted by Crippen LogP contribution is -2.47. The van der Waals surface area contributed by atoms with E-state index < -0.39 is 30.3 Å². The molecule has 4 amide bonds. The average molecular weight is 924 g/mol. The number of nitrogens with zero attached hydrogens (tertiary/aromatic N) is 3. The largest absolute Gasteiger partial charge is 0.453 e. The molecule has 0 bridgehead atoms. The topological polar surface area (TPSA) is 147 Å². The molecule has 2 saturated heterocycles. The van der Waals surface area contributed by atoms with Gasteiger partial charge in [-0.05, 0) is 66.5 Å². The number of benzene rings is 4. The zero-order valence-electron chi connectivity index (χ0n) is 40.2. The van der Waals surface area contributed by atoms with E-state index >= 15 is 0 Å². The Morgan fingerprint density at radius 3 is 1.47 bits per heavy atom. The summed E-state index contributed by atoms with van der Waals surface area (Å²) < 4.78 is 7.20. The normalized spacial score (nSPS) is 16.8. The van der Waals surface area contributed by atoms with Gasteiger partial charge in [0.25, 0.3) is 5.91 Å². The second-order valence-electron chi connectivity index (χ2n) is 18.7. The third-order valence-electron chi connectivity index (χ3n) is 13.9. The van der Waals surface area contributed by atoms with Gasteiger partial charge in [-0.25, -0.2) is 4.79 Å². The van der Waals surface area contributed by atoms with E-state index in [4.69, 9.17) is 4.74 Å². The number of Topliss-reactive ketones (excluding diaryl/α,β-unsaturated/α-hetero) is 2. The number of aromatic nitrogens is 1. The highest BCUT2D eigenvalue weighted by molar-refractivity contribution is 6.09. The highest BCUT2D eigenvalue weighted by atomic mass is 16.5. The minimum atomic E-state index is -0.989. The molecule has 5 aromatic rings. The number of hydrogen-bond donors (Lipinski definition) is 2. The van der Waals surface area contributed by atoms with E-state index in [0.29, 0.717) is 49.9 Å². The molecule has 2 N–H and O–H groups in total. The number of unbranched alkanes of at least 4 members (excludes halogenated alkanes) is 9. The van der Waals surface area contributed by atoms with E-state index in [1.54, 1.807) is 34.1 Å². The Kier molecular flexibility index (Phi) is 17.6. The molecule has 4 atom stereocenters. The maximum absolute atomic E-state index is 14.2. The lowest BCUT2D eigenvalue weighted by molar-refractivity contribution is -0.140. The van der Waals surface area contributed by atoms with E-state index in [0.717, 1.165) is 52.3 Å². The highest BCUT2D eigenvalue weighted by Gasteiger charge is 2.39. The number of methoxy groups -OCH3 is 1. The molecule has 360 valence electrons. The number of carbonyl (C=O) groups is 6. The highest BCUT2D eigenvalue weighted by Crippen LogP contribution is 2.33. The van der Waals surface area contributed by atoms with Crippen LogP contribution in [0.2, 0.25) is 0 Å². The zero-order valence-corrected chi connectivity index (χ0v) is 40.2. The van der Waals surface area contributed by atoms with E-state index in [-0.39, 0.29) is 42.1 Å². The van der Waals surface area contributed by atoms with Gasteiger partial charge in [0, 0.05) is 61.2 Å². The molecule has 0 saturated carbocycles. The van der Waals surface area contributed by atoms with Crippen molar-refractivity contribution in [1.29, 1.82) is 0 Å². The van der Waals surface area contributed by atoms with Gasteiger partial charge in [0.15, 0.2) is 11.6 Å². The fourth-order valence-electron chi connectivity index (χ4n) is 10.4. The van der Waals surface area contributed by atoms with Crippen LogP contribution in [0.5, 0.6) is 0 Å². The number of amides is 4. The summed E-state index contributed by atoms with van der Waals surface area (Å²) in [5, 5.41) is 7.63. The first-order valence-electron chi connectivity index (χ1n) is 25.0. The predicted molar refractivity (Wildman–Crippen MR) is 266 cm³/mol. The van der Waals surface area contributed by atoms with Crippen molar-refractivity contribution in [3.8, 4) is 0 Å². The fourth-order valence-corrected chi connectivity index (χ4v) is 10.4. The van der Waals surface area contributed by atoms with Crippen LogP contribution in [0.15, 0.2) is 97.1 Å². The molecule has 0 aliphatic carbocycles. The van der Waals surface area contributed by atoms with Gasteiger partial charge in [-0.2, -0.15) is 0 Å². The first-order valence-corrected chi connectivity index (χ1v) is 25.0. The number of likely N-dealkylation sites (tertiary alicyclic amines) is 2. The van der Waals surface area contributed by atoms with E-state index in [9.17, 15) is 28.8 Å². The molecule has 2 aliphatic heterocycles. The summed E-state index contributed by atoms with van der Waals surface area (Å²) in [7, 11) is 1.26. The SMILES string of the molecule is CCCCCCCCCCCCn1c2cc(CC(=O)[C@@H]3CCCN3C(=O)[C@H](NC(C)=O)c3ccccc3)ccc2c2ccc(CC(=O)[C@@H]3CCCN3C(=O)[C@H](NC(=O)OC)c3ccccc3)cc21. The second-order valence-corrected chi connectivity index (χ2v) is 18.7. The Balaban J connectivity index is 1.11. The summed E-state index contributed by atoms with van der Waals surface area (Å²) in [6.45, 7) is 5.28. The number of ketones is 2. The van der Waals surface area contributed by atoms with Gasteiger partial charge in [-0.15, -0.1) is 0 Å². The fraction of sp³-hybridized carbons (Fsp3) is 0.464. The molecule has 7 rings (SSSR count). The van der Waals surface area contributed by atoms with Crippen LogP contribution in [-0.4, -0.2) is 82.0 Å². The maximum Gasteiger partial charge on any atom is 0.407 e. The van der Waals surface area contributed by atoms with Crippen molar-refractivity contribution in [2.45, 2.75) is 147 Å². The summed E-state index contributed by atoms with van der Waals surface area (Å²) in [5.41, 5.74) is 5.06. The van der Waals surface area contributed by atoms with E-state index in [1.807, 2.05) is 48.5 Å². The van der Waals surface area contributed by atoms with Crippen molar-refractivity contribution in [2.75, 3.05) is 20.2 Å². The zero-order chi connectivity index (χ0) is 48.0. The van der Waals surface area contributed by atoms with Gasteiger partial charge in [0.2, 0.25) is 11.8 Å². The van der Waals surface area contributed by atoms with Gasteiger partial charge in [-0.3, -0.25) is 24.0 Å². The summed E-state index contributed by atoms with van der Waals surface area (Å²) in [6.07, 6.45) is 14.3. The van der Waals surface area contributed by atoms with Crippen LogP contribution < -0.4 is 10.6 Å². The Labute approximate surface area is 401 Å². The number of rotatable bonds is 23. The molecular formula is C56H69N5O7. The van der Waals surface area contributed by atoms with E-state index in [1.165, 1.54) is 65.4 Å². The monoisotopic (exact) mass is 924 g/mol. The molecule has 2 fully saturated rings. The van der Waals surface area contributed by atoms with Gasteiger partial charge in [0.1, 0.15) is 12.1 Å². The lowest BCUT2D eigenvalue weighted by Gasteiger charge is -2.28. The molecule has 2 aliphatic rings. The molecule has 1 aromatic heterocycles. The predicted octanol–water partition coefficient (Wildman–Crippen LogP) is 9.90. The molecule has 12 heteroatoms. The van der Waals surface area contributed by atoms with Crippen molar-refractivity contribution < 1.29 is 33.5 Å². The van der Waals surface area contributed by atoms with Gasteiger partial charge < -0.3 is 29.7 Å². The lowest BCUT2D eigenvalue weighted by atomic mass is 9.98. The van der Waals surface area contributed by atoms with Crippen LogP contribution in [-0.2, 0) is 48.1 Å². The van der Waals surface area contributed by atoms with E-state index in [2.05, 4.69) is 46.4 Å². The van der Waals surface area contributed by atoms with Crippen LogP contribution in [0, 0.1) is 0 Å². The number of carbonyl (C=O) groups excluding carboxylic acids is 6. The van der Waals surface area contributed by atoms with Crippen LogP contribution in [0.1, 0.15) is 138 Å². The Bertz CT molecular complexity index is 2540. The molecule has 4 aromatic carbocycles. The number of nitrogens with one attached hydrogen (secondary N) is 2. The summed E-state index contributed by atoms with van der Waals surface area (Å²) in [6, 6.07) is 27.5. The van der Waals surface area contributed by atoms with Crippen LogP contribution in [0.4, 0.5) is 4.79 Å². The number of alkyl carbamates (subject to hydrolysis) is 1. The summed E-state index contributed by atoms with van der Waals surface area (Å²) >= 11 is 0. The first kappa shape index (κ1) is 49.6. The maximum atomic E-state index is 14.2. The molecule has 12 nitrogen and oxygen atoms in total. The second kappa shape index (κ2) is 24.1. The molecule has 0 spiro atoms. The molecule has 0 radical (unpaired) electrons. The van der Waals surface area contributed by atoms with Crippen LogP contribution in [0.25, 0.3) is 21.8 Å². The number of aryl methyl sites for hydroxylation is 1. The third kappa shape index (κ3) is 12.2. The molecule has 0 unspecified atom stereocenters. The molecular weight excluding hydrogens is 855 g/mol. The standard InChI is InChI=1S/C56H69N5O7/c1-4-5-6-7-8-9-10-11-12-19-32-59-48-35-40(37-50(63)46-26-20-33-60(46)54(65)52(57-39(2)62)42-22-15-13-16-23-42)28-30-44(48)45-31-29-41(36-49(45)59)38-51(64)47-27-21-34-61(47)55(66)53(58-56(67)68-3)43-24-17-14-18-25-43/h13-18,22-25,28-31,35-36,46-47,52-53H,4-12,19-21,26-27,32-34,37-38H2,1-3H3,(H,57,62)(H,58,67)/t46-,47-,52+,53+/m0/s1. The minimum absolute atomic E-state index is 0.0291. The quantitative estimate of drug-likeness (QED) is 0.0620. The van der Waals surface area contributed by atoms with Gasteiger partial charge in [-0.1, -0.05) is 150 Å². The number of ether oxygens (including phenoxy) is 1. The third-order valence-corrected chi connectivity index (χ3v) is 13.9. The molecule has 3 heterocycles. The van der Waals surface area contributed by atoms with Crippen molar-refractivity contribution >= 4 is 57.2 Å². The Morgan fingerprint density at radius 2 is 1.03 bits per heavy atom. The van der Waals surface area contributed by atoms with Crippen molar-refractivity contribution in [3.05, 3.63) is 119 Å². The number of hydrogen-bond acceptors (Lipinski definition) is 7. The van der Waals surface area contributed by atoms with Gasteiger partial charge >= 0.3 is 6.09 Å². The number of fused-ring (bicyclic) bond motifs is 3. The summed E-state index contributed by atoms with van der Waals surface area (Å²) in [4.78, 5) is 84.4.